The monoisotopic (exact) mass is 312 g/mol. The van der Waals surface area contributed by atoms with Gasteiger partial charge in [0.15, 0.2) is 11.6 Å². The second-order valence-electron chi connectivity index (χ2n) is 5.42. The van der Waals surface area contributed by atoms with Gasteiger partial charge in [-0.25, -0.2) is 13.5 Å². The first-order chi connectivity index (χ1) is 11.3. The maximum Gasteiger partial charge on any atom is 0.151 e. The molecule has 1 aliphatic rings. The second-order valence-corrected chi connectivity index (χ2v) is 5.42. The summed E-state index contributed by atoms with van der Waals surface area (Å²) in [6.07, 6.45) is 4.03. The molecule has 0 bridgehead atoms. The van der Waals surface area contributed by atoms with Crippen LogP contribution in [-0.2, 0) is 13.0 Å². The maximum atomic E-state index is 14.2. The van der Waals surface area contributed by atoms with E-state index < -0.39 is 11.6 Å². The third-order valence-electron chi connectivity index (χ3n) is 4.03. The number of nitrogens with zero attached hydrogens (tertiary/aromatic N) is 3. The first kappa shape index (κ1) is 14.0. The van der Waals surface area contributed by atoms with Gasteiger partial charge in [-0.1, -0.05) is 6.07 Å². The molecule has 2 aromatic heterocycles. The van der Waals surface area contributed by atoms with Crippen LogP contribution in [0.5, 0.6) is 0 Å². The largest absolute Gasteiger partial charge is 0.312 e. The van der Waals surface area contributed by atoms with Crippen molar-refractivity contribution in [2.45, 2.75) is 13.0 Å². The molecule has 23 heavy (non-hydrogen) atoms. The third-order valence-corrected chi connectivity index (χ3v) is 4.03. The Hall–Kier alpha value is -2.60. The van der Waals surface area contributed by atoms with Gasteiger partial charge in [0.05, 0.1) is 11.4 Å². The number of hydrogen-bond acceptors (Lipinski definition) is 3. The van der Waals surface area contributed by atoms with Crippen LogP contribution in [0.25, 0.3) is 16.9 Å². The summed E-state index contributed by atoms with van der Waals surface area (Å²) in [6, 6.07) is 7.55. The molecule has 3 heterocycles. The van der Waals surface area contributed by atoms with E-state index in [1.807, 2.05) is 12.1 Å². The van der Waals surface area contributed by atoms with Gasteiger partial charge in [0.25, 0.3) is 0 Å². The number of para-hydroxylation sites is 1. The minimum Gasteiger partial charge on any atom is -0.312 e. The molecule has 1 N–H and O–H groups in total. The van der Waals surface area contributed by atoms with E-state index in [0.717, 1.165) is 29.1 Å². The predicted octanol–water partition coefficient (Wildman–Crippen LogP) is 2.86. The summed E-state index contributed by atoms with van der Waals surface area (Å²) in [4.78, 5) is 4.01. The van der Waals surface area contributed by atoms with Gasteiger partial charge in [-0.05, 0) is 24.3 Å². The molecule has 3 aromatic rings. The Morgan fingerprint density at radius 1 is 1.04 bits per heavy atom. The molecule has 0 saturated carbocycles. The van der Waals surface area contributed by atoms with Gasteiger partial charge in [0.1, 0.15) is 5.69 Å². The molecule has 0 aliphatic carbocycles. The van der Waals surface area contributed by atoms with Crippen LogP contribution in [0.15, 0.2) is 42.7 Å². The average molecular weight is 312 g/mol. The smallest absolute Gasteiger partial charge is 0.151 e. The number of fused-ring (bicyclic) bond motifs is 1. The fourth-order valence-corrected chi connectivity index (χ4v) is 2.97. The highest BCUT2D eigenvalue weighted by Gasteiger charge is 2.25. The minimum atomic E-state index is -0.616. The minimum absolute atomic E-state index is 0.119. The van der Waals surface area contributed by atoms with E-state index in [0.29, 0.717) is 13.0 Å². The number of rotatable bonds is 2. The van der Waals surface area contributed by atoms with Crippen LogP contribution in [0.1, 0.15) is 11.3 Å². The Balaban J connectivity index is 1.97. The number of hydrogen-bond donors (Lipinski definition) is 1. The Labute approximate surface area is 131 Å². The normalized spacial score (nSPS) is 13.8. The van der Waals surface area contributed by atoms with Crippen molar-refractivity contribution < 1.29 is 8.78 Å². The lowest BCUT2D eigenvalue weighted by Gasteiger charge is -2.16. The summed E-state index contributed by atoms with van der Waals surface area (Å²) in [6.45, 7) is 1.38. The van der Waals surface area contributed by atoms with E-state index >= 15 is 0 Å². The number of nitrogens with one attached hydrogen (secondary N) is 1. The van der Waals surface area contributed by atoms with Crippen LogP contribution in [0, 0.1) is 11.6 Å². The van der Waals surface area contributed by atoms with E-state index in [1.54, 1.807) is 12.4 Å². The van der Waals surface area contributed by atoms with Crippen molar-refractivity contribution in [1.29, 1.82) is 0 Å². The summed E-state index contributed by atoms with van der Waals surface area (Å²) in [5.74, 6) is -1.23. The molecule has 1 aromatic carbocycles. The van der Waals surface area contributed by atoms with Crippen LogP contribution < -0.4 is 5.32 Å². The summed E-state index contributed by atoms with van der Waals surface area (Å²) in [5.41, 5.74) is 3.32. The SMILES string of the molecule is Fc1cccc(F)c1-n1nc(-c2ccncc2)c2c1CCNC2. The molecule has 4 nitrogen and oxygen atoms in total. The van der Waals surface area contributed by atoms with Crippen molar-refractivity contribution in [2.75, 3.05) is 6.54 Å². The number of halogens is 2. The fraction of sp³-hybridized carbons (Fsp3) is 0.176. The second kappa shape index (κ2) is 5.55. The van der Waals surface area contributed by atoms with Gasteiger partial charge in [0, 0.05) is 43.0 Å². The highest BCUT2D eigenvalue weighted by molar-refractivity contribution is 5.65. The Kier molecular flexibility index (Phi) is 3.38. The predicted molar refractivity (Wildman–Crippen MR) is 82.1 cm³/mol. The zero-order valence-corrected chi connectivity index (χ0v) is 12.3. The number of pyridine rings is 1. The Morgan fingerprint density at radius 3 is 2.52 bits per heavy atom. The molecular weight excluding hydrogens is 298 g/mol. The van der Waals surface area contributed by atoms with Crippen LogP contribution >= 0.6 is 0 Å². The first-order valence-corrected chi connectivity index (χ1v) is 7.42. The molecule has 0 radical (unpaired) electrons. The molecule has 0 unspecified atom stereocenters. The average Bonchev–Trinajstić information content (AvgIpc) is 2.95. The molecule has 6 heteroatoms. The van der Waals surface area contributed by atoms with E-state index in [9.17, 15) is 8.78 Å². The Bertz CT molecular complexity index is 838. The maximum absolute atomic E-state index is 14.2. The molecule has 0 fully saturated rings. The molecule has 0 spiro atoms. The molecule has 0 saturated heterocycles. The lowest BCUT2D eigenvalue weighted by Crippen LogP contribution is -2.25. The molecule has 0 atom stereocenters. The zero-order valence-electron chi connectivity index (χ0n) is 12.3. The van der Waals surface area contributed by atoms with Gasteiger partial charge in [-0.15, -0.1) is 0 Å². The van der Waals surface area contributed by atoms with Gasteiger partial charge in [0.2, 0.25) is 0 Å². The van der Waals surface area contributed by atoms with Crippen LogP contribution in [0.3, 0.4) is 0 Å². The standard InChI is InChI=1S/C17H14F2N4/c18-13-2-1-3-14(19)17(13)23-15-6-9-21-10-12(15)16(22-23)11-4-7-20-8-5-11/h1-5,7-8,21H,6,9-10H2. The highest BCUT2D eigenvalue weighted by atomic mass is 19.1. The summed E-state index contributed by atoms with van der Waals surface area (Å²) >= 11 is 0. The third kappa shape index (κ3) is 2.31. The fourth-order valence-electron chi connectivity index (χ4n) is 2.97. The molecule has 116 valence electrons. The topological polar surface area (TPSA) is 42.7 Å². The zero-order chi connectivity index (χ0) is 15.8. The van der Waals surface area contributed by atoms with E-state index in [1.165, 1.54) is 22.9 Å². The molecule has 4 rings (SSSR count). The van der Waals surface area contributed by atoms with Crippen molar-refractivity contribution in [3.63, 3.8) is 0 Å². The van der Waals surface area contributed by atoms with Crippen molar-refractivity contribution in [3.05, 3.63) is 65.6 Å². The molecule has 1 aliphatic heterocycles. The van der Waals surface area contributed by atoms with E-state index in [2.05, 4.69) is 15.4 Å². The number of benzene rings is 1. The van der Waals surface area contributed by atoms with Gasteiger partial charge >= 0.3 is 0 Å². The lowest BCUT2D eigenvalue weighted by atomic mass is 10.0. The van der Waals surface area contributed by atoms with Crippen molar-refractivity contribution in [2.24, 2.45) is 0 Å². The highest BCUT2D eigenvalue weighted by Crippen LogP contribution is 2.30. The van der Waals surface area contributed by atoms with E-state index in [4.69, 9.17) is 0 Å². The van der Waals surface area contributed by atoms with Crippen LogP contribution in [-0.4, -0.2) is 21.3 Å². The summed E-state index contributed by atoms with van der Waals surface area (Å²) in [7, 11) is 0. The van der Waals surface area contributed by atoms with Crippen molar-refractivity contribution >= 4 is 0 Å². The van der Waals surface area contributed by atoms with Gasteiger partial charge < -0.3 is 5.32 Å². The molecular formula is C17H14F2N4. The quantitative estimate of drug-likeness (QED) is 0.791. The van der Waals surface area contributed by atoms with Crippen LogP contribution in [0.4, 0.5) is 8.78 Å². The molecule has 0 amide bonds. The van der Waals surface area contributed by atoms with E-state index in [-0.39, 0.29) is 5.69 Å². The Morgan fingerprint density at radius 2 is 1.78 bits per heavy atom. The first-order valence-electron chi connectivity index (χ1n) is 7.42. The summed E-state index contributed by atoms with van der Waals surface area (Å²) < 4.78 is 29.8. The van der Waals surface area contributed by atoms with Crippen molar-refractivity contribution in [1.82, 2.24) is 20.1 Å². The summed E-state index contributed by atoms with van der Waals surface area (Å²) in [5, 5.41) is 7.81. The van der Waals surface area contributed by atoms with Gasteiger partial charge in [-0.2, -0.15) is 5.10 Å². The lowest BCUT2D eigenvalue weighted by molar-refractivity contribution is 0.548. The van der Waals surface area contributed by atoms with Gasteiger partial charge in [-0.3, -0.25) is 4.98 Å². The number of aromatic nitrogens is 3. The van der Waals surface area contributed by atoms with Crippen LogP contribution in [0.2, 0.25) is 0 Å². The van der Waals surface area contributed by atoms with Crippen molar-refractivity contribution in [3.8, 4) is 16.9 Å².